The topological polar surface area (TPSA) is 40.5 Å². The first-order valence-electron chi connectivity index (χ1n) is 8.60. The molecule has 0 amide bonds. The fraction of sp³-hybridized carbons (Fsp3) is 0.333. The summed E-state index contributed by atoms with van der Waals surface area (Å²) in [7, 11) is 0. The van der Waals surface area contributed by atoms with Crippen LogP contribution in [0.25, 0.3) is 0 Å². The average molecular weight is 348 g/mol. The molecule has 2 N–H and O–H groups in total. The molecule has 0 radical (unpaired) electrons. The highest BCUT2D eigenvalue weighted by Gasteiger charge is 2.06. The second kappa shape index (κ2) is 9.25. The highest BCUT2D eigenvalue weighted by molar-refractivity contribution is 5.41. The lowest BCUT2D eigenvalue weighted by molar-refractivity contribution is 0.143. The monoisotopic (exact) mass is 348 g/mol. The summed E-state index contributed by atoms with van der Waals surface area (Å²) in [5.41, 5.74) is 2.44. The molecule has 2 nitrogen and oxygen atoms in total. The minimum absolute atomic E-state index is 0.912. The zero-order valence-corrected chi connectivity index (χ0v) is 16.5. The van der Waals surface area contributed by atoms with E-state index in [2.05, 4.69) is 23.7 Å². The highest BCUT2D eigenvalue weighted by Crippen LogP contribution is 2.06. The molecular weight excluding hydrogens is 320 g/mol. The van der Waals surface area contributed by atoms with E-state index in [9.17, 15) is 10.2 Å². The van der Waals surface area contributed by atoms with Crippen LogP contribution >= 0.6 is 0 Å². The molecule has 0 aliphatic carbocycles. The minimum Gasteiger partial charge on any atom is -0.378 e. The van der Waals surface area contributed by atoms with Crippen molar-refractivity contribution < 1.29 is 10.2 Å². The molecule has 136 valence electrons. The van der Waals surface area contributed by atoms with Gasteiger partial charge in [-0.1, -0.05) is 59.6 Å². The lowest BCUT2D eigenvalue weighted by Gasteiger charge is -2.06. The van der Waals surface area contributed by atoms with Crippen LogP contribution in [0.5, 0.6) is 0 Å². The van der Waals surface area contributed by atoms with Crippen molar-refractivity contribution in [1.82, 2.24) is 0 Å². The molecular formula is C24H28O2. The fourth-order valence-electron chi connectivity index (χ4n) is 1.80. The maximum Gasteiger partial charge on any atom is 0.120 e. The van der Waals surface area contributed by atoms with Gasteiger partial charge in [0.25, 0.3) is 0 Å². The molecule has 0 aromatic heterocycles. The van der Waals surface area contributed by atoms with Crippen LogP contribution in [0.1, 0.15) is 49.9 Å². The standard InChI is InChI=1S/2C12H14O/c1-10-4-6-11(7-5-10)8-9-12(2,3)13;1-10-6-4-5-7-11(10)8-9-12(2,3)13/h2*4-7,13H,1-3H3. The maximum atomic E-state index is 9.40. The smallest absolute Gasteiger partial charge is 0.120 e. The van der Waals surface area contributed by atoms with Gasteiger partial charge in [-0.15, -0.1) is 0 Å². The predicted molar refractivity (Wildman–Crippen MR) is 109 cm³/mol. The van der Waals surface area contributed by atoms with Gasteiger partial charge in [-0.2, -0.15) is 0 Å². The molecule has 0 aliphatic heterocycles. The molecule has 26 heavy (non-hydrogen) atoms. The van der Waals surface area contributed by atoms with Gasteiger partial charge in [-0.3, -0.25) is 0 Å². The van der Waals surface area contributed by atoms with Crippen LogP contribution in [0.2, 0.25) is 0 Å². The Bertz CT molecular complexity index is 824. The molecule has 0 heterocycles. The van der Waals surface area contributed by atoms with Crippen molar-refractivity contribution in [3.63, 3.8) is 0 Å². The zero-order chi connectivity index (χ0) is 19.8. The summed E-state index contributed by atoms with van der Waals surface area (Å²) in [4.78, 5) is 0. The summed E-state index contributed by atoms with van der Waals surface area (Å²) < 4.78 is 0. The Labute approximate surface area is 157 Å². The van der Waals surface area contributed by atoms with Gasteiger partial charge in [0.05, 0.1) is 0 Å². The van der Waals surface area contributed by atoms with E-state index in [4.69, 9.17) is 0 Å². The Morgan fingerprint density at radius 2 is 1.19 bits per heavy atom. The summed E-state index contributed by atoms with van der Waals surface area (Å²) in [6.45, 7) is 10.8. The van der Waals surface area contributed by atoms with Crippen molar-refractivity contribution in [2.75, 3.05) is 0 Å². The summed E-state index contributed by atoms with van der Waals surface area (Å²) in [5.74, 6) is 11.4. The van der Waals surface area contributed by atoms with Crippen molar-refractivity contribution >= 4 is 0 Å². The van der Waals surface area contributed by atoms with Crippen LogP contribution in [-0.2, 0) is 0 Å². The molecule has 0 saturated heterocycles. The van der Waals surface area contributed by atoms with Gasteiger partial charge < -0.3 is 10.2 Å². The van der Waals surface area contributed by atoms with Gasteiger partial charge >= 0.3 is 0 Å². The first-order valence-corrected chi connectivity index (χ1v) is 8.60. The van der Waals surface area contributed by atoms with E-state index >= 15 is 0 Å². The van der Waals surface area contributed by atoms with Gasteiger partial charge in [0, 0.05) is 11.1 Å². The highest BCUT2D eigenvalue weighted by atomic mass is 16.3. The Hall–Kier alpha value is -2.52. The molecule has 0 atom stereocenters. The molecule has 0 unspecified atom stereocenters. The lowest BCUT2D eigenvalue weighted by atomic mass is 10.1. The second-order valence-corrected chi connectivity index (χ2v) is 7.30. The second-order valence-electron chi connectivity index (χ2n) is 7.30. The SMILES string of the molecule is Cc1ccc(C#CC(C)(C)O)cc1.Cc1ccccc1C#CC(C)(C)O. The van der Waals surface area contributed by atoms with Crippen LogP contribution in [0.15, 0.2) is 48.5 Å². The molecule has 0 spiro atoms. The third-order valence-electron chi connectivity index (χ3n) is 3.21. The van der Waals surface area contributed by atoms with Gasteiger partial charge in [0.2, 0.25) is 0 Å². The molecule has 0 fully saturated rings. The van der Waals surface area contributed by atoms with Crippen molar-refractivity contribution in [2.24, 2.45) is 0 Å². The van der Waals surface area contributed by atoms with E-state index in [1.165, 1.54) is 5.56 Å². The molecule has 0 saturated carbocycles. The third-order valence-corrected chi connectivity index (χ3v) is 3.21. The molecule has 2 aromatic rings. The number of hydrogen-bond donors (Lipinski definition) is 2. The Morgan fingerprint density at radius 3 is 1.69 bits per heavy atom. The van der Waals surface area contributed by atoms with E-state index < -0.39 is 11.2 Å². The van der Waals surface area contributed by atoms with Crippen LogP contribution in [0.3, 0.4) is 0 Å². The Morgan fingerprint density at radius 1 is 0.692 bits per heavy atom. The first kappa shape index (κ1) is 21.5. The number of benzene rings is 2. The quantitative estimate of drug-likeness (QED) is 0.699. The number of rotatable bonds is 0. The van der Waals surface area contributed by atoms with Crippen LogP contribution < -0.4 is 0 Å². The van der Waals surface area contributed by atoms with Crippen LogP contribution in [-0.4, -0.2) is 21.4 Å². The van der Waals surface area contributed by atoms with Crippen molar-refractivity contribution in [2.45, 2.75) is 52.7 Å². The summed E-state index contributed by atoms with van der Waals surface area (Å²) in [6, 6.07) is 15.8. The van der Waals surface area contributed by atoms with E-state index in [0.29, 0.717) is 0 Å². The maximum absolute atomic E-state index is 9.40. The van der Waals surface area contributed by atoms with Crippen molar-refractivity contribution in [3.05, 3.63) is 70.8 Å². The zero-order valence-electron chi connectivity index (χ0n) is 16.5. The largest absolute Gasteiger partial charge is 0.378 e. The van der Waals surface area contributed by atoms with E-state index in [1.54, 1.807) is 27.7 Å². The summed E-state index contributed by atoms with van der Waals surface area (Å²) in [5, 5.41) is 18.8. The van der Waals surface area contributed by atoms with Gasteiger partial charge in [-0.05, 0) is 65.3 Å². The third kappa shape index (κ3) is 9.70. The van der Waals surface area contributed by atoms with Gasteiger partial charge in [0.1, 0.15) is 11.2 Å². The van der Waals surface area contributed by atoms with Crippen LogP contribution in [0, 0.1) is 37.5 Å². The summed E-state index contributed by atoms with van der Waals surface area (Å²) >= 11 is 0. The van der Waals surface area contributed by atoms with E-state index in [0.717, 1.165) is 16.7 Å². The molecule has 0 bridgehead atoms. The fourth-order valence-corrected chi connectivity index (χ4v) is 1.80. The van der Waals surface area contributed by atoms with Crippen molar-refractivity contribution in [1.29, 1.82) is 0 Å². The number of aliphatic hydroxyl groups is 2. The Balaban J connectivity index is 0.000000260. The van der Waals surface area contributed by atoms with Gasteiger partial charge in [0.15, 0.2) is 0 Å². The number of aryl methyl sites for hydroxylation is 2. The predicted octanol–water partition coefficient (Wildman–Crippen LogP) is 4.23. The van der Waals surface area contributed by atoms with Crippen molar-refractivity contribution in [3.8, 4) is 23.7 Å². The lowest BCUT2D eigenvalue weighted by Crippen LogP contribution is -2.14. The minimum atomic E-state index is -0.914. The average Bonchev–Trinajstić information content (AvgIpc) is 2.53. The first-order chi connectivity index (χ1) is 12.0. The molecule has 0 aliphatic rings. The normalized spacial score (nSPS) is 10.5. The molecule has 2 aromatic carbocycles. The molecule has 2 heteroatoms. The van der Waals surface area contributed by atoms with E-state index in [1.807, 2.05) is 62.4 Å². The number of hydrogen-bond acceptors (Lipinski definition) is 2. The van der Waals surface area contributed by atoms with E-state index in [-0.39, 0.29) is 0 Å². The van der Waals surface area contributed by atoms with Crippen LogP contribution in [0.4, 0.5) is 0 Å². The van der Waals surface area contributed by atoms with Gasteiger partial charge in [-0.25, -0.2) is 0 Å². The summed E-state index contributed by atoms with van der Waals surface area (Å²) in [6.07, 6.45) is 0. The molecule has 2 rings (SSSR count). The Kier molecular flexibility index (Phi) is 7.66.